The summed E-state index contributed by atoms with van der Waals surface area (Å²) < 4.78 is 0.914. The Kier molecular flexibility index (Phi) is 3.30. The fourth-order valence-corrected chi connectivity index (χ4v) is 1.99. The van der Waals surface area contributed by atoms with Crippen LogP contribution in [0.1, 0.15) is 10.5 Å². The summed E-state index contributed by atoms with van der Waals surface area (Å²) in [5.41, 5.74) is 1.57. The lowest BCUT2D eigenvalue weighted by atomic mass is 10.3. The van der Waals surface area contributed by atoms with Gasteiger partial charge in [-0.3, -0.25) is 9.89 Å². The van der Waals surface area contributed by atoms with Gasteiger partial charge in [-0.2, -0.15) is 15.0 Å². The van der Waals surface area contributed by atoms with Crippen molar-refractivity contribution in [2.75, 3.05) is 5.32 Å². The molecule has 0 bridgehead atoms. The number of nitrogens with one attached hydrogen (secondary N) is 2. The van der Waals surface area contributed by atoms with E-state index in [0.29, 0.717) is 5.69 Å². The van der Waals surface area contributed by atoms with Crippen molar-refractivity contribution in [1.82, 2.24) is 25.2 Å². The highest BCUT2D eigenvalue weighted by Crippen LogP contribution is 2.14. The molecule has 2 heterocycles. The minimum Gasteiger partial charge on any atom is -0.318 e. The standard InChI is InChI=1S/C12H9BrN6O/c13-8-2-1-3-10(4-8)19-16-7-11(18-19)12(20)17-9-5-14-15-6-9/h1-7H,(H,14,15)(H,17,20). The van der Waals surface area contributed by atoms with E-state index in [9.17, 15) is 4.79 Å². The molecule has 0 radical (unpaired) electrons. The first-order valence-electron chi connectivity index (χ1n) is 5.71. The summed E-state index contributed by atoms with van der Waals surface area (Å²) >= 11 is 3.38. The first-order chi connectivity index (χ1) is 9.72. The number of anilines is 1. The molecule has 3 rings (SSSR count). The molecule has 7 nitrogen and oxygen atoms in total. The average molecular weight is 333 g/mol. The van der Waals surface area contributed by atoms with Crippen molar-refractivity contribution in [3.05, 3.63) is 53.0 Å². The van der Waals surface area contributed by atoms with Gasteiger partial charge < -0.3 is 5.32 Å². The normalized spacial score (nSPS) is 10.4. The van der Waals surface area contributed by atoms with Gasteiger partial charge in [-0.05, 0) is 18.2 Å². The highest BCUT2D eigenvalue weighted by atomic mass is 79.9. The van der Waals surface area contributed by atoms with E-state index in [-0.39, 0.29) is 11.6 Å². The van der Waals surface area contributed by atoms with Crippen molar-refractivity contribution in [2.24, 2.45) is 0 Å². The van der Waals surface area contributed by atoms with Gasteiger partial charge in [0.1, 0.15) is 0 Å². The highest BCUT2D eigenvalue weighted by Gasteiger charge is 2.12. The van der Waals surface area contributed by atoms with Crippen LogP contribution in [-0.2, 0) is 0 Å². The van der Waals surface area contributed by atoms with Crippen molar-refractivity contribution >= 4 is 27.5 Å². The van der Waals surface area contributed by atoms with Crippen LogP contribution in [0.25, 0.3) is 5.69 Å². The molecule has 0 saturated heterocycles. The summed E-state index contributed by atoms with van der Waals surface area (Å²) in [5.74, 6) is -0.340. The van der Waals surface area contributed by atoms with Crippen molar-refractivity contribution in [3.63, 3.8) is 0 Å². The molecule has 3 aromatic rings. The number of benzene rings is 1. The molecule has 2 aromatic heterocycles. The number of carbonyl (C=O) groups is 1. The second kappa shape index (κ2) is 5.25. The number of nitrogens with zero attached hydrogens (tertiary/aromatic N) is 4. The van der Waals surface area contributed by atoms with Crippen LogP contribution in [0.2, 0.25) is 0 Å². The van der Waals surface area contributed by atoms with E-state index in [2.05, 4.69) is 41.6 Å². The van der Waals surface area contributed by atoms with Gasteiger partial charge >= 0.3 is 0 Å². The first-order valence-corrected chi connectivity index (χ1v) is 6.50. The molecule has 0 aliphatic carbocycles. The molecule has 100 valence electrons. The number of aromatic nitrogens is 5. The third kappa shape index (κ3) is 2.59. The molecule has 1 amide bonds. The molecule has 0 saturated carbocycles. The van der Waals surface area contributed by atoms with E-state index in [4.69, 9.17) is 0 Å². The van der Waals surface area contributed by atoms with E-state index >= 15 is 0 Å². The van der Waals surface area contributed by atoms with Crippen LogP contribution in [-0.4, -0.2) is 31.1 Å². The fourth-order valence-electron chi connectivity index (χ4n) is 1.61. The monoisotopic (exact) mass is 332 g/mol. The van der Waals surface area contributed by atoms with Gasteiger partial charge in [0.25, 0.3) is 5.91 Å². The largest absolute Gasteiger partial charge is 0.318 e. The molecule has 0 unspecified atom stereocenters. The number of amides is 1. The number of rotatable bonds is 3. The molecule has 0 fully saturated rings. The van der Waals surface area contributed by atoms with Gasteiger partial charge in [-0.1, -0.05) is 22.0 Å². The van der Waals surface area contributed by atoms with Crippen molar-refractivity contribution in [3.8, 4) is 5.69 Å². The van der Waals surface area contributed by atoms with Crippen LogP contribution >= 0.6 is 15.9 Å². The van der Waals surface area contributed by atoms with E-state index < -0.39 is 0 Å². The molecule has 20 heavy (non-hydrogen) atoms. The number of hydrogen-bond acceptors (Lipinski definition) is 4. The quantitative estimate of drug-likeness (QED) is 0.767. The highest BCUT2D eigenvalue weighted by molar-refractivity contribution is 9.10. The zero-order chi connectivity index (χ0) is 13.9. The van der Waals surface area contributed by atoms with Crippen molar-refractivity contribution in [2.45, 2.75) is 0 Å². The number of carbonyl (C=O) groups excluding carboxylic acids is 1. The second-order valence-corrected chi connectivity index (χ2v) is 4.86. The van der Waals surface area contributed by atoms with Crippen LogP contribution in [0.3, 0.4) is 0 Å². The van der Waals surface area contributed by atoms with Crippen LogP contribution in [0.4, 0.5) is 5.69 Å². The molecule has 0 spiro atoms. The summed E-state index contributed by atoms with van der Waals surface area (Å²) in [5, 5.41) is 17.2. The lowest BCUT2D eigenvalue weighted by Crippen LogP contribution is -2.12. The SMILES string of the molecule is O=C(Nc1cn[nH]c1)c1cnn(-c2cccc(Br)c2)n1. The molecule has 0 atom stereocenters. The third-order valence-corrected chi connectivity index (χ3v) is 3.01. The van der Waals surface area contributed by atoms with Crippen molar-refractivity contribution < 1.29 is 4.79 Å². The lowest BCUT2D eigenvalue weighted by Gasteiger charge is -2.00. The van der Waals surface area contributed by atoms with E-state index in [1.54, 1.807) is 6.20 Å². The molecular weight excluding hydrogens is 324 g/mol. The summed E-state index contributed by atoms with van der Waals surface area (Å²) in [4.78, 5) is 13.3. The Labute approximate surface area is 122 Å². The topological polar surface area (TPSA) is 88.5 Å². The number of H-pyrrole nitrogens is 1. The van der Waals surface area contributed by atoms with Crippen LogP contribution in [0.15, 0.2) is 47.3 Å². The summed E-state index contributed by atoms with van der Waals surface area (Å²) in [6.45, 7) is 0. The average Bonchev–Trinajstić information content (AvgIpc) is 3.09. The summed E-state index contributed by atoms with van der Waals surface area (Å²) in [7, 11) is 0. The van der Waals surface area contributed by atoms with E-state index in [0.717, 1.165) is 10.2 Å². The predicted octanol–water partition coefficient (Wildman–Crippen LogP) is 2.01. The smallest absolute Gasteiger partial charge is 0.277 e. The van der Waals surface area contributed by atoms with Gasteiger partial charge in [0, 0.05) is 10.7 Å². The Morgan fingerprint density at radius 1 is 1.35 bits per heavy atom. The molecule has 8 heteroatoms. The zero-order valence-electron chi connectivity index (χ0n) is 10.1. The Bertz CT molecular complexity index is 736. The third-order valence-electron chi connectivity index (χ3n) is 2.52. The number of aromatic amines is 1. The number of hydrogen-bond donors (Lipinski definition) is 2. The van der Waals surface area contributed by atoms with Gasteiger partial charge in [-0.25, -0.2) is 0 Å². The predicted molar refractivity (Wildman–Crippen MR) is 75.6 cm³/mol. The molecule has 0 aliphatic heterocycles. The Morgan fingerprint density at radius 3 is 3.00 bits per heavy atom. The summed E-state index contributed by atoms with van der Waals surface area (Å²) in [6.07, 6.45) is 4.50. The maximum absolute atomic E-state index is 11.9. The first kappa shape index (κ1) is 12.5. The second-order valence-electron chi connectivity index (χ2n) is 3.94. The van der Waals surface area contributed by atoms with Crippen LogP contribution < -0.4 is 5.32 Å². The zero-order valence-corrected chi connectivity index (χ0v) is 11.7. The molecule has 2 N–H and O–H groups in total. The maximum Gasteiger partial charge on any atom is 0.277 e. The molecular formula is C12H9BrN6O. The fraction of sp³-hybridized carbons (Fsp3) is 0. The maximum atomic E-state index is 11.9. The molecule has 1 aromatic carbocycles. The Balaban J connectivity index is 1.81. The minimum atomic E-state index is -0.340. The number of halogens is 1. The van der Waals surface area contributed by atoms with Crippen molar-refractivity contribution in [1.29, 1.82) is 0 Å². The molecule has 0 aliphatic rings. The minimum absolute atomic E-state index is 0.228. The van der Waals surface area contributed by atoms with Gasteiger partial charge in [0.15, 0.2) is 5.69 Å². The van der Waals surface area contributed by atoms with Gasteiger partial charge in [0.2, 0.25) is 0 Å². The van der Waals surface area contributed by atoms with E-state index in [1.165, 1.54) is 17.2 Å². The van der Waals surface area contributed by atoms with Gasteiger partial charge in [0.05, 0.1) is 23.8 Å². The van der Waals surface area contributed by atoms with Crippen LogP contribution in [0, 0.1) is 0 Å². The summed E-state index contributed by atoms with van der Waals surface area (Å²) in [6, 6.07) is 7.48. The van der Waals surface area contributed by atoms with Crippen LogP contribution in [0.5, 0.6) is 0 Å². The lowest BCUT2D eigenvalue weighted by molar-refractivity contribution is 0.102. The van der Waals surface area contributed by atoms with Gasteiger partial charge in [-0.15, -0.1) is 5.10 Å². The Hall–Kier alpha value is -2.48. The van der Waals surface area contributed by atoms with E-state index in [1.807, 2.05) is 24.3 Å². The Morgan fingerprint density at radius 2 is 2.25 bits per heavy atom.